The van der Waals surface area contributed by atoms with Gasteiger partial charge < -0.3 is 4.90 Å². The van der Waals surface area contributed by atoms with Crippen LogP contribution in [0.5, 0.6) is 0 Å². The first kappa shape index (κ1) is 11.3. The van der Waals surface area contributed by atoms with E-state index in [1.165, 1.54) is 11.3 Å². The Labute approximate surface area is 94.6 Å². The molecule has 0 saturated carbocycles. The maximum Gasteiger partial charge on any atom is 0.0414 e. The van der Waals surface area contributed by atoms with Crippen molar-refractivity contribution in [3.8, 4) is 0 Å². The molecule has 0 aliphatic carbocycles. The molecule has 0 fully saturated rings. The molecule has 1 rings (SSSR count). The molecule has 0 saturated heterocycles. The third-order valence-corrected chi connectivity index (χ3v) is 2.68. The number of hydrogen-bond donors (Lipinski definition) is 0. The van der Waals surface area contributed by atoms with E-state index in [-0.39, 0.29) is 0 Å². The molecule has 1 nitrogen and oxygen atoms in total. The Hall–Kier alpha value is -0.760. The molecular formula is C12H16BrN. The fraction of sp³-hybridized carbons (Fsp3) is 0.333. The van der Waals surface area contributed by atoms with Crippen molar-refractivity contribution in [1.29, 1.82) is 0 Å². The van der Waals surface area contributed by atoms with Crippen LogP contribution in [0.2, 0.25) is 0 Å². The summed E-state index contributed by atoms with van der Waals surface area (Å²) in [5, 5.41) is 0. The molecule has 0 heterocycles. The highest BCUT2D eigenvalue weighted by Gasteiger charge is 1.97. The van der Waals surface area contributed by atoms with Crippen LogP contribution in [0.15, 0.2) is 40.5 Å². The zero-order chi connectivity index (χ0) is 10.6. The van der Waals surface area contributed by atoms with Crippen molar-refractivity contribution in [2.75, 3.05) is 11.9 Å². The molecule has 0 aromatic heterocycles. The van der Waals surface area contributed by atoms with Gasteiger partial charge in [-0.2, -0.15) is 0 Å². The lowest BCUT2D eigenvalue weighted by molar-refractivity contribution is 1.06. The average Bonchev–Trinajstić information content (AvgIpc) is 2.17. The van der Waals surface area contributed by atoms with E-state index in [2.05, 4.69) is 60.1 Å². The van der Waals surface area contributed by atoms with Crippen LogP contribution in [0.3, 0.4) is 0 Å². The first-order valence-corrected chi connectivity index (χ1v) is 5.58. The van der Waals surface area contributed by atoms with Gasteiger partial charge in [-0.15, -0.1) is 0 Å². The van der Waals surface area contributed by atoms with E-state index in [9.17, 15) is 0 Å². The first-order valence-electron chi connectivity index (χ1n) is 4.79. The van der Waals surface area contributed by atoms with Crippen molar-refractivity contribution >= 4 is 21.6 Å². The molecule has 1 aromatic carbocycles. The Morgan fingerprint density at radius 1 is 1.50 bits per heavy atom. The number of hydrogen-bond acceptors (Lipinski definition) is 1. The summed E-state index contributed by atoms with van der Waals surface area (Å²) in [6.45, 7) is 4.31. The zero-order valence-electron chi connectivity index (χ0n) is 8.92. The molecule has 0 atom stereocenters. The van der Waals surface area contributed by atoms with Crippen LogP contribution in [-0.4, -0.2) is 7.05 Å². The third-order valence-electron chi connectivity index (χ3n) is 2.19. The second-order valence-corrected chi connectivity index (χ2v) is 4.34. The van der Waals surface area contributed by atoms with Gasteiger partial charge in [0.1, 0.15) is 0 Å². The maximum atomic E-state index is 3.47. The van der Waals surface area contributed by atoms with Crippen LogP contribution in [0, 0.1) is 0 Å². The summed E-state index contributed by atoms with van der Waals surface area (Å²) in [5.41, 5.74) is 2.58. The van der Waals surface area contributed by atoms with Gasteiger partial charge in [0.15, 0.2) is 0 Å². The number of nitrogens with zero attached hydrogens (tertiary/aromatic N) is 1. The minimum atomic E-state index is 1.10. The number of benzene rings is 1. The molecule has 0 unspecified atom stereocenters. The van der Waals surface area contributed by atoms with Crippen molar-refractivity contribution in [2.24, 2.45) is 0 Å². The number of rotatable bonds is 3. The summed E-state index contributed by atoms with van der Waals surface area (Å²) >= 11 is 3.47. The highest BCUT2D eigenvalue weighted by Crippen LogP contribution is 2.19. The Kier molecular flexibility index (Phi) is 4.21. The van der Waals surface area contributed by atoms with Crippen LogP contribution in [0.4, 0.5) is 5.69 Å². The van der Waals surface area contributed by atoms with Crippen LogP contribution in [-0.2, 0) is 0 Å². The van der Waals surface area contributed by atoms with Gasteiger partial charge in [-0.3, -0.25) is 0 Å². The van der Waals surface area contributed by atoms with Crippen LogP contribution in [0.25, 0.3) is 0 Å². The molecule has 0 N–H and O–H groups in total. The van der Waals surface area contributed by atoms with Gasteiger partial charge in [0.05, 0.1) is 0 Å². The van der Waals surface area contributed by atoms with Gasteiger partial charge in [-0.25, -0.2) is 0 Å². The second kappa shape index (κ2) is 5.20. The molecule has 76 valence electrons. The average molecular weight is 254 g/mol. The summed E-state index contributed by atoms with van der Waals surface area (Å²) in [6, 6.07) is 8.29. The van der Waals surface area contributed by atoms with E-state index < -0.39 is 0 Å². The number of anilines is 1. The molecule has 0 amide bonds. The summed E-state index contributed by atoms with van der Waals surface area (Å²) in [6.07, 6.45) is 3.26. The summed E-state index contributed by atoms with van der Waals surface area (Å²) < 4.78 is 1.12. The van der Waals surface area contributed by atoms with Crippen molar-refractivity contribution in [1.82, 2.24) is 0 Å². The summed E-state index contributed by atoms with van der Waals surface area (Å²) in [5.74, 6) is 0. The lowest BCUT2D eigenvalue weighted by atomic mass is 10.2. The van der Waals surface area contributed by atoms with Crippen molar-refractivity contribution < 1.29 is 0 Å². The normalized spacial score (nSPS) is 11.6. The Bertz CT molecular complexity index is 331. The highest BCUT2D eigenvalue weighted by molar-refractivity contribution is 9.10. The third kappa shape index (κ3) is 3.18. The van der Waals surface area contributed by atoms with Gasteiger partial charge in [-0.1, -0.05) is 34.5 Å². The molecule has 1 aromatic rings. The van der Waals surface area contributed by atoms with Gasteiger partial charge in [-0.05, 0) is 31.5 Å². The molecule has 0 spiro atoms. The number of halogens is 1. The van der Waals surface area contributed by atoms with E-state index in [0.29, 0.717) is 0 Å². The van der Waals surface area contributed by atoms with E-state index in [0.717, 1.165) is 10.9 Å². The predicted octanol–water partition coefficient (Wildman–Crippen LogP) is 4.20. The Balaban J connectivity index is 2.84. The van der Waals surface area contributed by atoms with E-state index in [1.54, 1.807) is 0 Å². The standard InChI is InChI=1S/C12H16BrN/c1-4-10(2)9-14(3)12-7-5-6-11(13)8-12/h5-9H,4H2,1-3H3/b10-9+. The van der Waals surface area contributed by atoms with Crippen molar-refractivity contribution in [2.45, 2.75) is 20.3 Å². The van der Waals surface area contributed by atoms with Gasteiger partial charge in [0.2, 0.25) is 0 Å². The molecule has 0 bridgehead atoms. The zero-order valence-corrected chi connectivity index (χ0v) is 10.5. The molecular weight excluding hydrogens is 238 g/mol. The highest BCUT2D eigenvalue weighted by atomic mass is 79.9. The van der Waals surface area contributed by atoms with Gasteiger partial charge in [0.25, 0.3) is 0 Å². The van der Waals surface area contributed by atoms with Crippen molar-refractivity contribution in [3.05, 3.63) is 40.5 Å². The van der Waals surface area contributed by atoms with Crippen LogP contribution >= 0.6 is 15.9 Å². The lowest BCUT2D eigenvalue weighted by Crippen LogP contribution is -2.08. The molecule has 0 aliphatic heterocycles. The SMILES string of the molecule is CC/C(C)=C/N(C)c1cccc(Br)c1. The Morgan fingerprint density at radius 3 is 2.79 bits per heavy atom. The van der Waals surface area contributed by atoms with E-state index in [1.807, 2.05) is 12.1 Å². The van der Waals surface area contributed by atoms with Gasteiger partial charge >= 0.3 is 0 Å². The predicted molar refractivity (Wildman–Crippen MR) is 66.6 cm³/mol. The summed E-state index contributed by atoms with van der Waals surface area (Å²) in [4.78, 5) is 2.14. The maximum absolute atomic E-state index is 3.47. The topological polar surface area (TPSA) is 3.24 Å². The van der Waals surface area contributed by atoms with E-state index >= 15 is 0 Å². The molecule has 2 heteroatoms. The fourth-order valence-corrected chi connectivity index (χ4v) is 1.58. The lowest BCUT2D eigenvalue weighted by Gasteiger charge is -2.15. The molecule has 0 aliphatic rings. The van der Waals surface area contributed by atoms with Gasteiger partial charge in [0, 0.05) is 23.4 Å². The van der Waals surface area contributed by atoms with Crippen LogP contribution in [0.1, 0.15) is 20.3 Å². The summed E-state index contributed by atoms with van der Waals surface area (Å²) in [7, 11) is 2.07. The van der Waals surface area contributed by atoms with Crippen LogP contribution < -0.4 is 4.90 Å². The largest absolute Gasteiger partial charge is 0.351 e. The molecule has 14 heavy (non-hydrogen) atoms. The fourth-order valence-electron chi connectivity index (χ4n) is 1.19. The Morgan fingerprint density at radius 2 is 2.21 bits per heavy atom. The molecule has 0 radical (unpaired) electrons. The van der Waals surface area contributed by atoms with Crippen molar-refractivity contribution in [3.63, 3.8) is 0 Å². The number of allylic oxidation sites excluding steroid dienone is 1. The second-order valence-electron chi connectivity index (χ2n) is 3.42. The smallest absolute Gasteiger partial charge is 0.0414 e. The first-order chi connectivity index (χ1) is 6.63. The monoisotopic (exact) mass is 253 g/mol. The quantitative estimate of drug-likeness (QED) is 0.781. The minimum Gasteiger partial charge on any atom is -0.351 e. The van der Waals surface area contributed by atoms with E-state index in [4.69, 9.17) is 0 Å². The minimum absolute atomic E-state index is 1.10.